The van der Waals surface area contributed by atoms with Crippen LogP contribution in [0.25, 0.3) is 22.6 Å². The van der Waals surface area contributed by atoms with Crippen molar-refractivity contribution in [3.05, 3.63) is 99.6 Å². The molecule has 6 heteroatoms. The summed E-state index contributed by atoms with van der Waals surface area (Å²) in [5.74, 6) is 1.47. The molecule has 5 nitrogen and oxygen atoms in total. The van der Waals surface area contributed by atoms with Gasteiger partial charge in [0.25, 0.3) is 5.56 Å². The number of rotatable bonds is 4. The first kappa shape index (κ1) is 18.5. The molecular weight excluding hydrogens is 386 g/mol. The van der Waals surface area contributed by atoms with Crippen molar-refractivity contribution in [1.29, 1.82) is 5.26 Å². The van der Waals surface area contributed by atoms with Gasteiger partial charge in [-0.05, 0) is 54.1 Å². The Labute approximate surface area is 171 Å². The van der Waals surface area contributed by atoms with Crippen molar-refractivity contribution in [2.45, 2.75) is 0 Å². The van der Waals surface area contributed by atoms with Gasteiger partial charge in [-0.15, -0.1) is 0 Å². The topological polar surface area (TPSA) is 78.8 Å². The van der Waals surface area contributed by atoms with Crippen LogP contribution >= 0.6 is 11.6 Å². The van der Waals surface area contributed by atoms with Crippen LogP contribution < -0.4 is 10.3 Å². The van der Waals surface area contributed by atoms with Crippen LogP contribution in [0.15, 0.2) is 77.6 Å². The molecule has 0 aliphatic heterocycles. The molecule has 4 rings (SSSR count). The number of aromatic nitrogens is 2. The predicted molar refractivity (Wildman–Crippen MR) is 114 cm³/mol. The Morgan fingerprint density at radius 3 is 2.55 bits per heavy atom. The van der Waals surface area contributed by atoms with Crippen LogP contribution in [0.2, 0.25) is 5.02 Å². The molecule has 0 spiro atoms. The second-order valence-electron chi connectivity index (χ2n) is 6.20. The number of halogens is 1. The van der Waals surface area contributed by atoms with Crippen molar-refractivity contribution >= 4 is 34.2 Å². The largest absolute Gasteiger partial charge is 0.457 e. The van der Waals surface area contributed by atoms with E-state index in [0.717, 1.165) is 0 Å². The molecule has 1 heterocycles. The normalized spacial score (nSPS) is 11.2. The van der Waals surface area contributed by atoms with Gasteiger partial charge in [-0.1, -0.05) is 41.9 Å². The summed E-state index contributed by atoms with van der Waals surface area (Å²) >= 11 is 6.38. The molecule has 0 saturated heterocycles. The number of benzene rings is 3. The fraction of sp³-hybridized carbons (Fsp3) is 0. The SMILES string of the molecule is N#C/C(=C\c1ccc(Oc2ccccc2)cc1Cl)c1nc2ccccc2c(=O)[nH]1. The number of para-hydroxylation sites is 2. The average Bonchev–Trinajstić information content (AvgIpc) is 2.74. The molecule has 0 aliphatic rings. The van der Waals surface area contributed by atoms with E-state index in [1.165, 1.54) is 0 Å². The summed E-state index contributed by atoms with van der Waals surface area (Å²) in [6.45, 7) is 0. The van der Waals surface area contributed by atoms with Gasteiger partial charge in [-0.2, -0.15) is 5.26 Å². The molecular formula is C23H14ClN3O2. The molecule has 0 atom stereocenters. The van der Waals surface area contributed by atoms with Gasteiger partial charge in [-0.25, -0.2) is 4.98 Å². The standard InChI is InChI=1S/C23H14ClN3O2/c24-20-13-18(29-17-6-2-1-3-7-17)11-10-15(20)12-16(14-25)22-26-21-9-5-4-8-19(21)23(28)27-22/h1-13H,(H,26,27,28)/b16-12+. The van der Waals surface area contributed by atoms with Gasteiger partial charge in [0.05, 0.1) is 21.5 Å². The maximum Gasteiger partial charge on any atom is 0.259 e. The smallest absolute Gasteiger partial charge is 0.259 e. The van der Waals surface area contributed by atoms with E-state index in [9.17, 15) is 10.1 Å². The summed E-state index contributed by atoms with van der Waals surface area (Å²) in [5.41, 5.74) is 1.03. The van der Waals surface area contributed by atoms with Crippen LogP contribution in [-0.2, 0) is 0 Å². The molecule has 0 saturated carbocycles. The fourth-order valence-corrected chi connectivity index (χ4v) is 3.06. The van der Waals surface area contributed by atoms with Crippen molar-refractivity contribution in [2.75, 3.05) is 0 Å². The highest BCUT2D eigenvalue weighted by Crippen LogP contribution is 2.29. The number of nitrogens with zero attached hydrogens (tertiary/aromatic N) is 2. The molecule has 4 aromatic rings. The van der Waals surface area contributed by atoms with Crippen LogP contribution in [0.3, 0.4) is 0 Å². The minimum Gasteiger partial charge on any atom is -0.457 e. The van der Waals surface area contributed by atoms with Crippen molar-refractivity contribution in [2.24, 2.45) is 0 Å². The van der Waals surface area contributed by atoms with Gasteiger partial charge in [0.15, 0.2) is 5.82 Å². The number of fused-ring (bicyclic) bond motifs is 1. The lowest BCUT2D eigenvalue weighted by molar-refractivity contribution is 0.482. The zero-order valence-electron chi connectivity index (χ0n) is 15.1. The number of H-pyrrole nitrogens is 1. The zero-order valence-corrected chi connectivity index (χ0v) is 15.9. The van der Waals surface area contributed by atoms with E-state index < -0.39 is 0 Å². The van der Waals surface area contributed by atoms with Gasteiger partial charge in [0.1, 0.15) is 17.6 Å². The van der Waals surface area contributed by atoms with Gasteiger partial charge >= 0.3 is 0 Å². The van der Waals surface area contributed by atoms with E-state index in [1.807, 2.05) is 30.3 Å². The second-order valence-corrected chi connectivity index (χ2v) is 6.61. The maximum atomic E-state index is 12.3. The quantitative estimate of drug-likeness (QED) is 0.464. The number of aromatic amines is 1. The lowest BCUT2D eigenvalue weighted by atomic mass is 10.1. The monoisotopic (exact) mass is 399 g/mol. The molecule has 140 valence electrons. The van der Waals surface area contributed by atoms with Crippen LogP contribution in [0.4, 0.5) is 0 Å². The van der Waals surface area contributed by atoms with Crippen LogP contribution in [0, 0.1) is 11.3 Å². The van der Waals surface area contributed by atoms with Gasteiger partial charge in [0.2, 0.25) is 0 Å². The van der Waals surface area contributed by atoms with E-state index >= 15 is 0 Å². The third-order valence-corrected chi connectivity index (χ3v) is 4.57. The van der Waals surface area contributed by atoms with Crippen LogP contribution in [0.1, 0.15) is 11.4 Å². The molecule has 0 fully saturated rings. The molecule has 0 aliphatic carbocycles. The number of allylic oxidation sites excluding steroid dienone is 1. The van der Waals surface area contributed by atoms with Crippen molar-refractivity contribution in [1.82, 2.24) is 9.97 Å². The van der Waals surface area contributed by atoms with E-state index in [-0.39, 0.29) is 17.0 Å². The number of hydrogen-bond donors (Lipinski definition) is 1. The lowest BCUT2D eigenvalue weighted by Gasteiger charge is -2.07. The van der Waals surface area contributed by atoms with E-state index in [0.29, 0.717) is 33.0 Å². The summed E-state index contributed by atoms with van der Waals surface area (Å²) in [4.78, 5) is 19.3. The summed E-state index contributed by atoms with van der Waals surface area (Å²) in [7, 11) is 0. The first-order chi connectivity index (χ1) is 14.1. The zero-order chi connectivity index (χ0) is 20.2. The molecule has 0 amide bonds. The Kier molecular flexibility index (Phi) is 5.10. The molecule has 3 aromatic carbocycles. The molecule has 0 bridgehead atoms. The molecule has 29 heavy (non-hydrogen) atoms. The van der Waals surface area contributed by atoms with Crippen LogP contribution in [-0.4, -0.2) is 9.97 Å². The third kappa shape index (κ3) is 4.03. The van der Waals surface area contributed by atoms with Crippen molar-refractivity contribution < 1.29 is 4.74 Å². The Morgan fingerprint density at radius 2 is 1.79 bits per heavy atom. The van der Waals surface area contributed by atoms with E-state index in [2.05, 4.69) is 16.0 Å². The number of ether oxygens (including phenoxy) is 1. The average molecular weight is 400 g/mol. The Balaban J connectivity index is 1.69. The maximum absolute atomic E-state index is 12.3. The summed E-state index contributed by atoms with van der Waals surface area (Å²) in [5, 5.41) is 10.5. The van der Waals surface area contributed by atoms with Crippen molar-refractivity contribution in [3.8, 4) is 17.6 Å². The van der Waals surface area contributed by atoms with E-state index in [4.69, 9.17) is 16.3 Å². The molecule has 0 radical (unpaired) electrons. The van der Waals surface area contributed by atoms with Gasteiger partial charge < -0.3 is 9.72 Å². The lowest BCUT2D eigenvalue weighted by Crippen LogP contribution is -2.11. The summed E-state index contributed by atoms with van der Waals surface area (Å²) in [6.07, 6.45) is 1.58. The summed E-state index contributed by atoms with van der Waals surface area (Å²) < 4.78 is 5.76. The first-order valence-electron chi connectivity index (χ1n) is 8.78. The number of hydrogen-bond acceptors (Lipinski definition) is 4. The highest BCUT2D eigenvalue weighted by Gasteiger charge is 2.10. The minimum absolute atomic E-state index is 0.192. The van der Waals surface area contributed by atoms with Gasteiger partial charge in [0, 0.05) is 0 Å². The van der Waals surface area contributed by atoms with Gasteiger partial charge in [-0.3, -0.25) is 4.79 Å². The third-order valence-electron chi connectivity index (χ3n) is 4.24. The minimum atomic E-state index is -0.301. The highest BCUT2D eigenvalue weighted by atomic mass is 35.5. The Morgan fingerprint density at radius 1 is 1.03 bits per heavy atom. The van der Waals surface area contributed by atoms with E-state index in [1.54, 1.807) is 48.5 Å². The highest BCUT2D eigenvalue weighted by molar-refractivity contribution is 6.32. The molecule has 1 N–H and O–H groups in total. The molecule has 1 aromatic heterocycles. The van der Waals surface area contributed by atoms with Crippen LogP contribution in [0.5, 0.6) is 11.5 Å². The number of nitrogens with one attached hydrogen (secondary N) is 1. The first-order valence-corrected chi connectivity index (χ1v) is 9.15. The Bertz CT molecular complexity index is 1320. The van der Waals surface area contributed by atoms with Crippen molar-refractivity contribution in [3.63, 3.8) is 0 Å². The predicted octanol–water partition coefficient (Wildman–Crippen LogP) is 5.43. The molecule has 0 unspecified atom stereocenters. The second kappa shape index (κ2) is 8.01. The number of nitriles is 1. The fourth-order valence-electron chi connectivity index (χ4n) is 2.84. The summed E-state index contributed by atoms with van der Waals surface area (Å²) in [6, 6.07) is 23.6. The Hall–Kier alpha value is -3.88.